The molecule has 3 aromatic heterocycles. The Bertz CT molecular complexity index is 1610. The zero-order valence-electron chi connectivity index (χ0n) is 28.0. The molecule has 0 bridgehead atoms. The summed E-state index contributed by atoms with van der Waals surface area (Å²) in [6, 6.07) is 12.0. The molecule has 0 fully saturated rings. The summed E-state index contributed by atoms with van der Waals surface area (Å²) in [5.74, 6) is 0.913. The minimum absolute atomic E-state index is 0. The molecule has 13 heteroatoms. The van der Waals surface area contributed by atoms with Crippen molar-refractivity contribution >= 4 is 51.4 Å². The van der Waals surface area contributed by atoms with Crippen LogP contribution in [0.1, 0.15) is 51.9 Å². The number of halogens is 1. The predicted octanol–water partition coefficient (Wildman–Crippen LogP) is 7.24. The first-order valence-electron chi connectivity index (χ1n) is 14.5. The van der Waals surface area contributed by atoms with Gasteiger partial charge in [0.05, 0.1) is 23.4 Å². The molecule has 5 rings (SSSR count). The molecule has 2 N–H and O–H groups in total. The van der Waals surface area contributed by atoms with Crippen LogP contribution in [0.5, 0.6) is 0 Å². The summed E-state index contributed by atoms with van der Waals surface area (Å²) in [5.41, 5.74) is 4.70. The fraction of sp³-hybridized carbons (Fsp3) is 0.406. The number of hydrogen-bond acceptors (Lipinski definition) is 8. The van der Waals surface area contributed by atoms with Gasteiger partial charge in [-0.15, -0.1) is 5.69 Å². The van der Waals surface area contributed by atoms with Crippen LogP contribution in [0.3, 0.4) is 0 Å². The number of aryl methyl sites for hydroxylation is 1. The monoisotopic (exact) mass is 859 g/mol. The van der Waals surface area contributed by atoms with E-state index >= 15 is 0 Å². The molecule has 0 saturated heterocycles. The minimum Gasteiger partial charge on any atom is -0.668 e. The second-order valence-electron chi connectivity index (χ2n) is 10.5. The fourth-order valence-corrected chi connectivity index (χ4v) is 4.16. The third-order valence-corrected chi connectivity index (χ3v) is 6.03. The Balaban J connectivity index is 0.000000395. The topological polar surface area (TPSA) is 133 Å². The maximum Gasteiger partial charge on any atom is 2.00 e. The van der Waals surface area contributed by atoms with Gasteiger partial charge in [0.1, 0.15) is 22.2 Å². The molecule has 1 amide bonds. The van der Waals surface area contributed by atoms with Crippen LogP contribution in [0, 0.1) is 31.1 Å². The summed E-state index contributed by atoms with van der Waals surface area (Å²) in [6.45, 7) is 12.0. The van der Waals surface area contributed by atoms with E-state index in [4.69, 9.17) is 11.6 Å². The minimum atomic E-state index is -0.194. The van der Waals surface area contributed by atoms with Crippen molar-refractivity contribution in [2.45, 2.75) is 53.6 Å². The van der Waals surface area contributed by atoms with Gasteiger partial charge < -0.3 is 35.5 Å². The largest absolute Gasteiger partial charge is 2.00 e. The van der Waals surface area contributed by atoms with Crippen LogP contribution in [0.25, 0.3) is 32.8 Å². The van der Waals surface area contributed by atoms with Gasteiger partial charge in [0, 0.05) is 56.1 Å². The number of pyridine rings is 2. The van der Waals surface area contributed by atoms with E-state index in [2.05, 4.69) is 41.1 Å². The Morgan fingerprint density at radius 3 is 2.00 bits per heavy atom. The van der Waals surface area contributed by atoms with Crippen molar-refractivity contribution in [2.75, 3.05) is 43.7 Å². The van der Waals surface area contributed by atoms with Gasteiger partial charge in [-0.1, -0.05) is 37.6 Å². The first-order chi connectivity index (χ1) is 20.9. The molecule has 1 aromatic carbocycles. The Labute approximate surface area is 295 Å². The summed E-state index contributed by atoms with van der Waals surface area (Å²) in [6.07, 6.45) is 1.47. The summed E-state index contributed by atoms with van der Waals surface area (Å²) in [7, 11) is 9.17. The van der Waals surface area contributed by atoms with Crippen LogP contribution >= 0.6 is 11.6 Å². The molecule has 4 heterocycles. The van der Waals surface area contributed by atoms with Crippen LogP contribution in [0.2, 0.25) is 5.15 Å². The molecule has 0 atom stereocenters. The number of hydrogen-bond donors (Lipinski definition) is 2. The molecule has 4 aromatic rings. The number of rotatable bonds is 6. The molecule has 0 unspecified atom stereocenters. The van der Waals surface area contributed by atoms with E-state index in [1.165, 1.54) is 10.9 Å². The van der Waals surface area contributed by atoms with E-state index in [9.17, 15) is 9.59 Å². The van der Waals surface area contributed by atoms with Crippen LogP contribution < -0.4 is 21.1 Å². The maximum atomic E-state index is 12.0. The van der Waals surface area contributed by atoms with Crippen LogP contribution in [0.4, 0.5) is 23.0 Å². The number of carbonyl (C=O) groups excluding carboxylic acids is 1. The summed E-state index contributed by atoms with van der Waals surface area (Å²) in [5, 5.41) is 14.6. The smallest absolute Gasteiger partial charge is 0.668 e. The van der Waals surface area contributed by atoms with Crippen molar-refractivity contribution in [1.29, 1.82) is 0 Å². The first kappa shape index (κ1) is 39.9. The average Bonchev–Trinajstić information content (AvgIpc) is 2.95. The Kier molecular flexibility index (Phi) is 16.6. The Morgan fingerprint density at radius 2 is 1.49 bits per heavy atom. The van der Waals surface area contributed by atoms with Gasteiger partial charge in [0.15, 0.2) is 0 Å². The van der Waals surface area contributed by atoms with Crippen molar-refractivity contribution in [3.05, 3.63) is 74.4 Å². The quantitative estimate of drug-likeness (QED) is 0.194. The number of fused-ring (bicyclic) bond motifs is 2. The normalized spacial score (nSPS) is 10.8. The van der Waals surface area contributed by atoms with Crippen molar-refractivity contribution in [3.63, 3.8) is 0 Å². The van der Waals surface area contributed by atoms with Crippen molar-refractivity contribution in [3.8, 4) is 11.3 Å². The average molecular weight is 860 g/mol. The van der Waals surface area contributed by atoms with E-state index in [0.29, 0.717) is 33.3 Å². The van der Waals surface area contributed by atoms with Gasteiger partial charge in [-0.2, -0.15) is 14.1 Å². The van der Waals surface area contributed by atoms with Gasteiger partial charge in [0.25, 0.3) is 5.56 Å². The Morgan fingerprint density at radius 1 is 0.933 bits per heavy atom. The number of amides is 1. The first-order valence-corrected chi connectivity index (χ1v) is 14.9. The second-order valence-corrected chi connectivity index (χ2v) is 10.9. The van der Waals surface area contributed by atoms with Crippen molar-refractivity contribution in [1.82, 2.24) is 19.5 Å². The third-order valence-electron chi connectivity index (χ3n) is 5.84. The van der Waals surface area contributed by atoms with E-state index in [1.54, 1.807) is 27.2 Å². The van der Waals surface area contributed by atoms with Crippen molar-refractivity contribution < 1.29 is 35.9 Å². The molecule has 45 heavy (non-hydrogen) atoms. The van der Waals surface area contributed by atoms with Gasteiger partial charge in [0.2, 0.25) is 0 Å². The number of anilines is 3. The zero-order chi connectivity index (χ0) is 33.1. The summed E-state index contributed by atoms with van der Waals surface area (Å²) < 4.78 is 1.42. The SMILES string of the molecule is CC.CC(C)Nc1nc(-c2ccc(N(C)C)cc2)cc2c1C(=O)[N-]2.CC(C)Nc1nc(Cl)cc2ncn(C)c(=O)c12.C[N-]C.[U+2]. The van der Waals surface area contributed by atoms with Gasteiger partial charge in [-0.05, 0) is 45.9 Å². The summed E-state index contributed by atoms with van der Waals surface area (Å²) in [4.78, 5) is 38.7. The molecule has 0 radical (unpaired) electrons. The maximum absolute atomic E-state index is 12.0. The molecule has 0 aliphatic carbocycles. The van der Waals surface area contributed by atoms with Crippen LogP contribution in [-0.2, 0) is 7.05 Å². The predicted molar refractivity (Wildman–Crippen MR) is 185 cm³/mol. The van der Waals surface area contributed by atoms with E-state index < -0.39 is 0 Å². The fourth-order valence-electron chi connectivity index (χ4n) is 3.97. The van der Waals surface area contributed by atoms with Gasteiger partial charge in [-0.3, -0.25) is 4.79 Å². The molecular weight excluding hydrogens is 816 g/mol. The second kappa shape index (κ2) is 18.7. The number of nitrogens with zero attached hydrogens (tertiary/aromatic N) is 7. The Hall–Kier alpha value is -3.17. The number of aromatic nitrogens is 4. The van der Waals surface area contributed by atoms with Crippen LogP contribution in [-0.4, -0.2) is 65.7 Å². The van der Waals surface area contributed by atoms with E-state index in [1.807, 2.05) is 86.0 Å². The van der Waals surface area contributed by atoms with E-state index in [-0.39, 0.29) is 54.7 Å². The number of benzene rings is 1. The number of nitrogens with one attached hydrogen (secondary N) is 2. The number of carbonyl (C=O) groups is 1. The van der Waals surface area contributed by atoms with Gasteiger partial charge in [-0.25, -0.2) is 15.0 Å². The molecular formula is C32H44ClN9O2U. The summed E-state index contributed by atoms with van der Waals surface area (Å²) >= 11 is 5.90. The molecule has 1 aliphatic rings. The molecule has 1 aliphatic heterocycles. The molecule has 0 saturated carbocycles. The third kappa shape index (κ3) is 10.7. The van der Waals surface area contributed by atoms with Crippen molar-refractivity contribution in [2.24, 2.45) is 7.05 Å². The van der Waals surface area contributed by atoms with E-state index in [0.717, 1.165) is 22.6 Å². The standard InChI is InChI=1S/C17H20N4O.C11H13ClN4O.C2H6N.C2H6.U/c1-10(2)18-16-15-14(20-17(15)22)9-13(19-16)11-5-7-12(8-6-11)21(3)4;1-6(2)14-10-9-7(4-8(12)15-10)13-5-16(3)11(9)17;1-3-2;1-2;/h5-10H,1-4H3,(H2,18,19,20,22);4-6H,1-3H3,(H,14,15);1-2H3;1-2H3;/q;;-1;;+2/p-1. The molecule has 0 spiro atoms. The molecule has 11 nitrogen and oxygen atoms in total. The van der Waals surface area contributed by atoms with Gasteiger partial charge >= 0.3 is 31.1 Å². The zero-order valence-corrected chi connectivity index (χ0v) is 32.9. The van der Waals surface area contributed by atoms with Crippen LogP contribution in [0.15, 0.2) is 47.5 Å². The molecule has 240 valence electrons.